The minimum absolute atomic E-state index is 0.134. The quantitative estimate of drug-likeness (QED) is 0.157. The summed E-state index contributed by atoms with van der Waals surface area (Å²) in [5, 5.41) is 11.7. The molecular weight excluding hydrogens is 578 g/mol. The first-order chi connectivity index (χ1) is 20.7. The zero-order valence-electron chi connectivity index (χ0n) is 23.9. The van der Waals surface area contributed by atoms with Gasteiger partial charge >= 0.3 is 5.97 Å². The number of nitro groups is 1. The van der Waals surface area contributed by atoms with Gasteiger partial charge in [0, 0.05) is 11.6 Å². The average molecular weight is 606 g/mol. The number of benzene rings is 2. The Morgan fingerprint density at radius 3 is 2.49 bits per heavy atom. The monoisotopic (exact) mass is 605 g/mol. The van der Waals surface area contributed by atoms with E-state index in [1.54, 1.807) is 50.2 Å². The number of esters is 1. The molecule has 0 saturated carbocycles. The van der Waals surface area contributed by atoms with Gasteiger partial charge in [0.25, 0.3) is 11.2 Å². The zero-order valence-corrected chi connectivity index (χ0v) is 24.7. The Hall–Kier alpha value is -5.17. The highest BCUT2D eigenvalue weighted by Gasteiger charge is 2.35. The Morgan fingerprint density at radius 1 is 1.09 bits per heavy atom. The molecule has 2 aromatic carbocycles. The van der Waals surface area contributed by atoms with E-state index in [9.17, 15) is 19.7 Å². The lowest BCUT2D eigenvalue weighted by Gasteiger charge is -2.26. The van der Waals surface area contributed by atoms with Gasteiger partial charge in [-0.25, -0.2) is 9.79 Å². The molecule has 3 heterocycles. The number of carbonyl (C=O) groups is 1. The van der Waals surface area contributed by atoms with E-state index in [0.717, 1.165) is 11.3 Å². The summed E-state index contributed by atoms with van der Waals surface area (Å²) in [6.07, 6.45) is 1.53. The fourth-order valence-corrected chi connectivity index (χ4v) is 5.87. The van der Waals surface area contributed by atoms with Crippen molar-refractivity contribution in [2.75, 3.05) is 27.9 Å². The number of ether oxygens (including phenoxy) is 4. The van der Waals surface area contributed by atoms with Crippen LogP contribution in [0.15, 0.2) is 74.0 Å². The van der Waals surface area contributed by atoms with Gasteiger partial charge in [-0.3, -0.25) is 19.5 Å². The highest BCUT2D eigenvalue weighted by atomic mass is 32.1. The number of allylic oxidation sites excluding steroid dienone is 1. The third kappa shape index (κ3) is 5.42. The molecule has 2 aromatic heterocycles. The van der Waals surface area contributed by atoms with Gasteiger partial charge in [0.1, 0.15) is 34.8 Å². The lowest BCUT2D eigenvalue weighted by molar-refractivity contribution is -0.384. The van der Waals surface area contributed by atoms with Crippen LogP contribution in [0.5, 0.6) is 17.2 Å². The summed E-state index contributed by atoms with van der Waals surface area (Å²) in [6, 6.07) is 11.8. The molecular formula is C30H27N3O9S. The number of thiazole rings is 1. The number of aromatic nitrogens is 1. The molecule has 222 valence electrons. The van der Waals surface area contributed by atoms with Crippen LogP contribution in [0.25, 0.3) is 17.4 Å². The number of fused-ring (bicyclic) bond motifs is 1. The molecule has 0 N–H and O–H groups in total. The number of rotatable bonds is 9. The molecule has 1 atom stereocenters. The molecule has 13 heteroatoms. The second kappa shape index (κ2) is 12.0. The molecule has 43 heavy (non-hydrogen) atoms. The van der Waals surface area contributed by atoms with E-state index in [4.69, 9.17) is 23.4 Å². The standard InChI is InChI=1S/C30H27N3O9S/c1-6-41-29(35)26-16(2)31-30-32(27(26)21-13-17(38-3)8-11-23(21)40-5)28(34)25(43-30)15-19-9-12-24(42-19)20-10-7-18(39-4)14-22(20)33(36)37/h7-15,27H,6H2,1-5H3/b25-15+/t27-/m0/s1. The van der Waals surface area contributed by atoms with Crippen LogP contribution >= 0.6 is 11.3 Å². The zero-order chi connectivity index (χ0) is 30.8. The molecule has 0 saturated heterocycles. The van der Waals surface area contributed by atoms with Crippen LogP contribution in [0.1, 0.15) is 31.2 Å². The Balaban J connectivity index is 1.67. The van der Waals surface area contributed by atoms with Crippen molar-refractivity contribution in [2.45, 2.75) is 19.9 Å². The van der Waals surface area contributed by atoms with Gasteiger partial charge in [-0.2, -0.15) is 0 Å². The average Bonchev–Trinajstić information content (AvgIpc) is 3.59. The maximum atomic E-state index is 14.0. The summed E-state index contributed by atoms with van der Waals surface area (Å²) in [7, 11) is 4.44. The first kappa shape index (κ1) is 29.3. The minimum Gasteiger partial charge on any atom is -0.497 e. The van der Waals surface area contributed by atoms with Gasteiger partial charge in [-0.05, 0) is 56.3 Å². The van der Waals surface area contributed by atoms with Crippen LogP contribution in [0.4, 0.5) is 5.69 Å². The predicted molar refractivity (Wildman–Crippen MR) is 157 cm³/mol. The summed E-state index contributed by atoms with van der Waals surface area (Å²) in [5.41, 5.74) is 0.744. The molecule has 0 radical (unpaired) electrons. The van der Waals surface area contributed by atoms with E-state index in [1.807, 2.05) is 0 Å². The van der Waals surface area contributed by atoms with Gasteiger partial charge in [-0.1, -0.05) is 11.3 Å². The molecule has 0 fully saturated rings. The first-order valence-electron chi connectivity index (χ1n) is 13.0. The van der Waals surface area contributed by atoms with Crippen molar-refractivity contribution in [2.24, 2.45) is 4.99 Å². The van der Waals surface area contributed by atoms with Crippen LogP contribution in [-0.4, -0.2) is 43.4 Å². The summed E-state index contributed by atoms with van der Waals surface area (Å²) in [4.78, 5) is 43.3. The van der Waals surface area contributed by atoms with Crippen molar-refractivity contribution >= 4 is 29.1 Å². The van der Waals surface area contributed by atoms with Crippen molar-refractivity contribution in [3.8, 4) is 28.6 Å². The van der Waals surface area contributed by atoms with Gasteiger partial charge in [0.05, 0.1) is 60.3 Å². The topological polar surface area (TPSA) is 145 Å². The van der Waals surface area contributed by atoms with E-state index in [2.05, 4.69) is 4.99 Å². The fraction of sp³-hybridized carbons (Fsp3) is 0.233. The summed E-state index contributed by atoms with van der Waals surface area (Å²) in [5.74, 6) is 1.21. The Bertz CT molecular complexity index is 1950. The van der Waals surface area contributed by atoms with Crippen LogP contribution in [0.2, 0.25) is 0 Å². The molecule has 1 aliphatic heterocycles. The fourth-order valence-electron chi connectivity index (χ4n) is 4.84. The number of hydrogen-bond acceptors (Lipinski definition) is 11. The minimum atomic E-state index is -0.920. The number of nitro benzene ring substituents is 1. The van der Waals surface area contributed by atoms with Gasteiger partial charge in [0.15, 0.2) is 4.80 Å². The molecule has 4 aromatic rings. The van der Waals surface area contributed by atoms with E-state index >= 15 is 0 Å². The number of furan rings is 1. The van der Waals surface area contributed by atoms with Gasteiger partial charge in [-0.15, -0.1) is 0 Å². The second-order valence-corrected chi connectivity index (χ2v) is 10.3. The van der Waals surface area contributed by atoms with Gasteiger partial charge < -0.3 is 23.4 Å². The maximum Gasteiger partial charge on any atom is 0.338 e. The maximum absolute atomic E-state index is 14.0. The lowest BCUT2D eigenvalue weighted by atomic mass is 9.95. The summed E-state index contributed by atoms with van der Waals surface area (Å²) in [6.45, 7) is 3.51. The molecule has 1 aliphatic rings. The van der Waals surface area contributed by atoms with Crippen LogP contribution in [0, 0.1) is 10.1 Å². The predicted octanol–water partition coefficient (Wildman–Crippen LogP) is 3.99. The molecule has 0 spiro atoms. The molecule has 0 bridgehead atoms. The van der Waals surface area contributed by atoms with Crippen molar-refractivity contribution in [3.63, 3.8) is 0 Å². The second-order valence-electron chi connectivity index (χ2n) is 9.25. The largest absolute Gasteiger partial charge is 0.497 e. The van der Waals surface area contributed by atoms with Gasteiger partial charge in [0.2, 0.25) is 0 Å². The Morgan fingerprint density at radius 2 is 1.81 bits per heavy atom. The first-order valence-corrected chi connectivity index (χ1v) is 13.9. The normalized spacial score (nSPS) is 14.6. The van der Waals surface area contributed by atoms with E-state index in [0.29, 0.717) is 39.1 Å². The highest BCUT2D eigenvalue weighted by molar-refractivity contribution is 7.07. The molecule has 0 aliphatic carbocycles. The number of nitrogens with zero attached hydrogens (tertiary/aromatic N) is 3. The lowest BCUT2D eigenvalue weighted by Crippen LogP contribution is -2.40. The number of carbonyl (C=O) groups excluding carboxylic acids is 1. The van der Waals surface area contributed by atoms with Crippen LogP contribution in [-0.2, 0) is 9.53 Å². The van der Waals surface area contributed by atoms with Crippen molar-refractivity contribution in [1.29, 1.82) is 0 Å². The SMILES string of the molecule is CCOC(=O)C1=C(C)N=c2s/c(=C/c3ccc(-c4ccc(OC)cc4[N+](=O)[O-])o3)c(=O)n2[C@H]1c1cc(OC)ccc1OC. The molecule has 0 amide bonds. The van der Waals surface area contributed by atoms with E-state index < -0.39 is 22.5 Å². The van der Waals surface area contributed by atoms with Crippen molar-refractivity contribution in [1.82, 2.24) is 4.57 Å². The smallest absolute Gasteiger partial charge is 0.338 e. The third-order valence-electron chi connectivity index (χ3n) is 6.82. The summed E-state index contributed by atoms with van der Waals surface area (Å²) >= 11 is 1.11. The highest BCUT2D eigenvalue weighted by Crippen LogP contribution is 2.38. The number of methoxy groups -OCH3 is 3. The van der Waals surface area contributed by atoms with E-state index in [1.165, 1.54) is 44.1 Å². The van der Waals surface area contributed by atoms with E-state index in [-0.39, 0.29) is 33.7 Å². The Kier molecular flexibility index (Phi) is 8.17. The van der Waals surface area contributed by atoms with Crippen molar-refractivity contribution in [3.05, 3.63) is 101 Å². The number of hydrogen-bond donors (Lipinski definition) is 0. The Labute approximate surface area is 248 Å². The molecule has 12 nitrogen and oxygen atoms in total. The third-order valence-corrected chi connectivity index (χ3v) is 7.80. The summed E-state index contributed by atoms with van der Waals surface area (Å²) < 4.78 is 29.1. The molecule has 5 rings (SSSR count). The van der Waals surface area contributed by atoms with Crippen LogP contribution in [0.3, 0.4) is 0 Å². The van der Waals surface area contributed by atoms with Crippen molar-refractivity contribution < 1.29 is 33.1 Å². The molecule has 0 unspecified atom stereocenters. The van der Waals surface area contributed by atoms with Crippen LogP contribution < -0.4 is 29.1 Å².